The molecule has 1 aromatic rings. The molecule has 0 spiro atoms. The second-order valence-electron chi connectivity index (χ2n) is 5.30. The molecule has 1 unspecified atom stereocenters. The molecule has 1 N–H and O–H groups in total. The van der Waals surface area contributed by atoms with Gasteiger partial charge in [-0.2, -0.15) is 5.26 Å². The van der Waals surface area contributed by atoms with Gasteiger partial charge in [0.15, 0.2) is 0 Å². The van der Waals surface area contributed by atoms with Crippen molar-refractivity contribution in [1.29, 1.82) is 5.26 Å². The highest BCUT2D eigenvalue weighted by Gasteiger charge is 2.13. The van der Waals surface area contributed by atoms with Crippen molar-refractivity contribution in [2.75, 3.05) is 20.6 Å². The van der Waals surface area contributed by atoms with E-state index in [0.717, 1.165) is 13.1 Å². The van der Waals surface area contributed by atoms with E-state index in [1.165, 1.54) is 5.56 Å². The number of hydrogen-bond donors (Lipinski definition) is 1. The number of hydrogen-bond acceptors (Lipinski definition) is 3. The maximum atomic E-state index is 8.75. The summed E-state index contributed by atoms with van der Waals surface area (Å²) < 4.78 is 0. The first-order valence-electron chi connectivity index (χ1n) is 6.40. The van der Waals surface area contributed by atoms with E-state index >= 15 is 0 Å². The van der Waals surface area contributed by atoms with Crippen LogP contribution in [0.4, 0.5) is 0 Å². The first-order chi connectivity index (χ1) is 8.52. The maximum absolute atomic E-state index is 8.75. The number of rotatable bonds is 6. The van der Waals surface area contributed by atoms with E-state index in [1.807, 2.05) is 24.3 Å². The Morgan fingerprint density at radius 1 is 1.22 bits per heavy atom. The first-order valence-corrected chi connectivity index (χ1v) is 6.40. The molecule has 0 amide bonds. The van der Waals surface area contributed by atoms with Gasteiger partial charge in [0, 0.05) is 19.1 Å². The van der Waals surface area contributed by atoms with Gasteiger partial charge < -0.3 is 10.2 Å². The summed E-state index contributed by atoms with van der Waals surface area (Å²) in [6, 6.07) is 10.4. The van der Waals surface area contributed by atoms with Crippen LogP contribution >= 0.6 is 0 Å². The molecule has 0 aliphatic rings. The summed E-state index contributed by atoms with van der Waals surface area (Å²) in [5.74, 6) is 0.603. The van der Waals surface area contributed by atoms with Gasteiger partial charge in [-0.15, -0.1) is 0 Å². The molecule has 3 heteroatoms. The Hall–Kier alpha value is -1.37. The Balaban J connectivity index is 2.53. The number of nitrogens with zero attached hydrogens (tertiary/aromatic N) is 2. The Kier molecular flexibility index (Phi) is 5.84. The fourth-order valence-electron chi connectivity index (χ4n) is 1.85. The Morgan fingerprint density at radius 2 is 1.83 bits per heavy atom. The van der Waals surface area contributed by atoms with Crippen LogP contribution in [0, 0.1) is 17.2 Å². The average Bonchev–Trinajstić information content (AvgIpc) is 2.34. The quantitative estimate of drug-likeness (QED) is 0.835. The molecule has 0 radical (unpaired) electrons. The highest BCUT2D eigenvalue weighted by molar-refractivity contribution is 5.31. The molecule has 0 aromatic heterocycles. The van der Waals surface area contributed by atoms with Gasteiger partial charge in [-0.05, 0) is 37.7 Å². The second kappa shape index (κ2) is 7.15. The van der Waals surface area contributed by atoms with Gasteiger partial charge in [0.25, 0.3) is 0 Å². The number of nitriles is 1. The Bertz CT molecular complexity index is 387. The van der Waals surface area contributed by atoms with Gasteiger partial charge in [-0.25, -0.2) is 0 Å². The fourth-order valence-corrected chi connectivity index (χ4v) is 1.85. The van der Waals surface area contributed by atoms with E-state index in [0.29, 0.717) is 17.5 Å². The number of likely N-dealkylation sites (N-methyl/N-ethyl adjacent to an activating group) is 1. The largest absolute Gasteiger partial charge is 0.308 e. The molecule has 1 atom stereocenters. The van der Waals surface area contributed by atoms with E-state index in [4.69, 9.17) is 5.26 Å². The van der Waals surface area contributed by atoms with E-state index in [1.54, 1.807) is 0 Å². The van der Waals surface area contributed by atoms with Gasteiger partial charge in [-0.3, -0.25) is 0 Å². The van der Waals surface area contributed by atoms with Crippen LogP contribution in [-0.4, -0.2) is 31.6 Å². The van der Waals surface area contributed by atoms with Crippen molar-refractivity contribution in [3.8, 4) is 6.07 Å². The SMILES string of the molecule is CC(C)C(CN(C)C)NCc1ccc(C#N)cc1. The van der Waals surface area contributed by atoms with Crippen LogP contribution in [0.2, 0.25) is 0 Å². The van der Waals surface area contributed by atoms with Crippen LogP contribution in [0.15, 0.2) is 24.3 Å². The lowest BCUT2D eigenvalue weighted by Crippen LogP contribution is -2.41. The molecule has 0 heterocycles. The van der Waals surface area contributed by atoms with Gasteiger partial charge in [0.1, 0.15) is 0 Å². The minimum absolute atomic E-state index is 0.482. The molecular weight excluding hydrogens is 222 g/mol. The van der Waals surface area contributed by atoms with Crippen molar-refractivity contribution in [2.45, 2.75) is 26.4 Å². The Morgan fingerprint density at radius 3 is 2.28 bits per heavy atom. The van der Waals surface area contributed by atoms with Crippen molar-refractivity contribution >= 4 is 0 Å². The molecule has 18 heavy (non-hydrogen) atoms. The summed E-state index contributed by atoms with van der Waals surface area (Å²) in [6.07, 6.45) is 0. The van der Waals surface area contributed by atoms with E-state index in [-0.39, 0.29) is 0 Å². The standard InChI is InChI=1S/C15H23N3/c1-12(2)15(11-18(3)4)17-10-14-7-5-13(9-16)6-8-14/h5-8,12,15,17H,10-11H2,1-4H3. The molecule has 0 saturated heterocycles. The zero-order valence-electron chi connectivity index (χ0n) is 11.8. The average molecular weight is 245 g/mol. The van der Waals surface area contributed by atoms with Crippen molar-refractivity contribution < 1.29 is 0 Å². The summed E-state index contributed by atoms with van der Waals surface area (Å²) in [6.45, 7) is 6.36. The summed E-state index contributed by atoms with van der Waals surface area (Å²) in [7, 11) is 4.19. The Labute approximate surface area is 110 Å². The van der Waals surface area contributed by atoms with Gasteiger partial charge in [0.2, 0.25) is 0 Å². The third kappa shape index (κ3) is 4.87. The molecular formula is C15H23N3. The zero-order valence-corrected chi connectivity index (χ0v) is 11.8. The van der Waals surface area contributed by atoms with Gasteiger partial charge in [-0.1, -0.05) is 26.0 Å². The maximum Gasteiger partial charge on any atom is 0.0991 e. The normalized spacial score (nSPS) is 12.7. The van der Waals surface area contributed by atoms with Crippen LogP contribution in [0.5, 0.6) is 0 Å². The number of nitrogens with one attached hydrogen (secondary N) is 1. The monoisotopic (exact) mass is 245 g/mol. The van der Waals surface area contributed by atoms with Crippen molar-refractivity contribution in [3.63, 3.8) is 0 Å². The van der Waals surface area contributed by atoms with Crippen LogP contribution in [-0.2, 0) is 6.54 Å². The van der Waals surface area contributed by atoms with Crippen molar-refractivity contribution in [1.82, 2.24) is 10.2 Å². The van der Waals surface area contributed by atoms with E-state index < -0.39 is 0 Å². The van der Waals surface area contributed by atoms with Crippen LogP contribution in [0.3, 0.4) is 0 Å². The summed E-state index contributed by atoms with van der Waals surface area (Å²) in [5.41, 5.74) is 1.94. The first kappa shape index (κ1) is 14.7. The number of benzene rings is 1. The molecule has 0 saturated carbocycles. The molecule has 0 fully saturated rings. The molecule has 0 bridgehead atoms. The third-order valence-corrected chi connectivity index (χ3v) is 3.02. The molecule has 3 nitrogen and oxygen atoms in total. The molecule has 1 rings (SSSR count). The highest BCUT2D eigenvalue weighted by atomic mass is 15.1. The minimum atomic E-state index is 0.482. The fraction of sp³-hybridized carbons (Fsp3) is 0.533. The van der Waals surface area contributed by atoms with Gasteiger partial charge in [0.05, 0.1) is 11.6 Å². The van der Waals surface area contributed by atoms with E-state index in [9.17, 15) is 0 Å². The van der Waals surface area contributed by atoms with Crippen molar-refractivity contribution in [2.24, 2.45) is 5.92 Å². The predicted octanol–water partition coefficient (Wildman–Crippen LogP) is 2.23. The second-order valence-corrected chi connectivity index (χ2v) is 5.30. The molecule has 98 valence electrons. The van der Waals surface area contributed by atoms with Gasteiger partial charge >= 0.3 is 0 Å². The third-order valence-electron chi connectivity index (χ3n) is 3.02. The predicted molar refractivity (Wildman–Crippen MR) is 75.2 cm³/mol. The molecule has 0 aliphatic heterocycles. The van der Waals surface area contributed by atoms with Crippen LogP contribution in [0.25, 0.3) is 0 Å². The lowest BCUT2D eigenvalue weighted by atomic mass is 10.0. The smallest absolute Gasteiger partial charge is 0.0991 e. The summed E-state index contributed by atoms with van der Waals surface area (Å²) >= 11 is 0. The van der Waals surface area contributed by atoms with Crippen LogP contribution < -0.4 is 5.32 Å². The highest BCUT2D eigenvalue weighted by Crippen LogP contribution is 2.07. The minimum Gasteiger partial charge on any atom is -0.308 e. The summed E-state index contributed by atoms with van der Waals surface area (Å²) in [4.78, 5) is 2.20. The molecule has 0 aliphatic carbocycles. The van der Waals surface area contributed by atoms with E-state index in [2.05, 4.69) is 44.2 Å². The van der Waals surface area contributed by atoms with Crippen molar-refractivity contribution in [3.05, 3.63) is 35.4 Å². The lowest BCUT2D eigenvalue weighted by molar-refractivity contribution is 0.288. The summed E-state index contributed by atoms with van der Waals surface area (Å²) in [5, 5.41) is 12.3. The molecule has 1 aromatic carbocycles. The zero-order chi connectivity index (χ0) is 13.5. The lowest BCUT2D eigenvalue weighted by Gasteiger charge is -2.25. The van der Waals surface area contributed by atoms with Crippen LogP contribution in [0.1, 0.15) is 25.0 Å². The topological polar surface area (TPSA) is 39.1 Å².